The van der Waals surface area contributed by atoms with Crippen LogP contribution in [-0.2, 0) is 0 Å². The summed E-state index contributed by atoms with van der Waals surface area (Å²) in [5, 5.41) is 2.06. The number of ether oxygens (including phenoxy) is 1. The molecule has 0 spiro atoms. The maximum absolute atomic E-state index is 12.2. The van der Waals surface area contributed by atoms with E-state index in [9.17, 15) is 4.79 Å². The minimum absolute atomic E-state index is 0.159. The van der Waals surface area contributed by atoms with Gasteiger partial charge in [0.05, 0.1) is 7.11 Å². The zero-order valence-electron chi connectivity index (χ0n) is 11.3. The minimum atomic E-state index is -0.355. The molecule has 0 saturated heterocycles. The molecule has 2 aromatic carbocycles. The van der Waals surface area contributed by atoms with Crippen molar-refractivity contribution in [3.05, 3.63) is 42.0 Å². The van der Waals surface area contributed by atoms with Crippen LogP contribution in [0.15, 0.2) is 36.4 Å². The van der Waals surface area contributed by atoms with Crippen LogP contribution in [0.1, 0.15) is 31.1 Å². The molecule has 94 valence electrons. The lowest BCUT2D eigenvalue weighted by Crippen LogP contribution is -2.19. The van der Waals surface area contributed by atoms with Gasteiger partial charge >= 0.3 is 0 Å². The first-order valence-electron chi connectivity index (χ1n) is 6.05. The largest absolute Gasteiger partial charge is 0.496 e. The van der Waals surface area contributed by atoms with Gasteiger partial charge in [0.15, 0.2) is 5.78 Å². The topological polar surface area (TPSA) is 26.3 Å². The predicted octanol–water partition coefficient (Wildman–Crippen LogP) is 4.08. The van der Waals surface area contributed by atoms with Crippen LogP contribution < -0.4 is 4.74 Å². The van der Waals surface area contributed by atoms with Crippen LogP contribution in [0.5, 0.6) is 5.75 Å². The molecule has 0 bridgehead atoms. The maximum Gasteiger partial charge on any atom is 0.168 e. The molecular weight excluding hydrogens is 224 g/mol. The van der Waals surface area contributed by atoms with Crippen LogP contribution in [0, 0.1) is 5.41 Å². The molecule has 0 radical (unpaired) electrons. The number of Topliss-reactive ketones (excluding diaryl/α,β-unsaturated/α-hetero) is 1. The average molecular weight is 242 g/mol. The molecule has 2 nitrogen and oxygen atoms in total. The highest BCUT2D eigenvalue weighted by molar-refractivity contribution is 6.03. The molecule has 0 saturated carbocycles. The normalized spacial score (nSPS) is 11.6. The van der Waals surface area contributed by atoms with Crippen molar-refractivity contribution in [2.75, 3.05) is 7.11 Å². The monoisotopic (exact) mass is 242 g/mol. The van der Waals surface area contributed by atoms with Crippen LogP contribution in [0.4, 0.5) is 0 Å². The summed E-state index contributed by atoms with van der Waals surface area (Å²) in [7, 11) is 1.66. The maximum atomic E-state index is 12.2. The average Bonchev–Trinajstić information content (AvgIpc) is 2.35. The van der Waals surface area contributed by atoms with Gasteiger partial charge in [-0.1, -0.05) is 39.0 Å². The zero-order chi connectivity index (χ0) is 13.3. The Morgan fingerprint density at radius 1 is 1.11 bits per heavy atom. The van der Waals surface area contributed by atoms with Crippen molar-refractivity contribution in [3.8, 4) is 5.75 Å². The van der Waals surface area contributed by atoms with Gasteiger partial charge in [-0.05, 0) is 23.6 Å². The van der Waals surface area contributed by atoms with E-state index in [4.69, 9.17) is 4.74 Å². The molecule has 0 heterocycles. The number of fused-ring (bicyclic) bond motifs is 1. The Hall–Kier alpha value is -1.83. The van der Waals surface area contributed by atoms with Crippen LogP contribution in [-0.4, -0.2) is 12.9 Å². The van der Waals surface area contributed by atoms with Gasteiger partial charge < -0.3 is 4.74 Å². The lowest BCUT2D eigenvalue weighted by molar-refractivity contribution is 0.0858. The molecule has 0 aliphatic rings. The van der Waals surface area contributed by atoms with E-state index in [2.05, 4.69) is 0 Å². The summed E-state index contributed by atoms with van der Waals surface area (Å²) < 4.78 is 5.31. The molecule has 0 amide bonds. The van der Waals surface area contributed by atoms with Crippen LogP contribution in [0.2, 0.25) is 0 Å². The quantitative estimate of drug-likeness (QED) is 0.742. The van der Waals surface area contributed by atoms with Gasteiger partial charge in [-0.3, -0.25) is 4.79 Å². The number of carbonyl (C=O) groups is 1. The molecule has 0 aliphatic heterocycles. The van der Waals surface area contributed by atoms with Gasteiger partial charge in [0.1, 0.15) is 5.75 Å². The number of hydrogen-bond acceptors (Lipinski definition) is 2. The molecule has 2 aromatic rings. The molecule has 0 atom stereocenters. The summed E-state index contributed by atoms with van der Waals surface area (Å²) in [5.41, 5.74) is 0.398. The lowest BCUT2D eigenvalue weighted by Gasteiger charge is -2.17. The third-order valence-electron chi connectivity index (χ3n) is 3.00. The van der Waals surface area contributed by atoms with Crippen molar-refractivity contribution in [1.29, 1.82) is 0 Å². The van der Waals surface area contributed by atoms with Crippen molar-refractivity contribution < 1.29 is 9.53 Å². The fourth-order valence-corrected chi connectivity index (χ4v) is 2.01. The van der Waals surface area contributed by atoms with Crippen LogP contribution in [0.25, 0.3) is 10.8 Å². The molecular formula is C16H18O2. The van der Waals surface area contributed by atoms with Gasteiger partial charge in [-0.25, -0.2) is 0 Å². The van der Waals surface area contributed by atoms with Crippen LogP contribution in [0.3, 0.4) is 0 Å². The Morgan fingerprint density at radius 3 is 2.44 bits per heavy atom. The molecule has 0 N–H and O–H groups in total. The van der Waals surface area contributed by atoms with E-state index in [-0.39, 0.29) is 11.2 Å². The molecule has 2 rings (SSSR count). The van der Waals surface area contributed by atoms with E-state index in [1.54, 1.807) is 7.11 Å². The van der Waals surface area contributed by atoms with Crippen molar-refractivity contribution in [3.63, 3.8) is 0 Å². The highest BCUT2D eigenvalue weighted by Gasteiger charge is 2.22. The second kappa shape index (κ2) is 4.45. The number of hydrogen-bond donors (Lipinski definition) is 0. The Bertz CT molecular complexity index is 592. The predicted molar refractivity (Wildman–Crippen MR) is 74.3 cm³/mol. The van der Waals surface area contributed by atoms with Gasteiger partial charge in [-0.15, -0.1) is 0 Å². The summed E-state index contributed by atoms with van der Waals surface area (Å²) >= 11 is 0. The molecule has 18 heavy (non-hydrogen) atoms. The van der Waals surface area contributed by atoms with Gasteiger partial charge in [-0.2, -0.15) is 0 Å². The highest BCUT2D eigenvalue weighted by Crippen LogP contribution is 2.28. The second-order valence-corrected chi connectivity index (χ2v) is 5.48. The first kappa shape index (κ1) is 12.6. The van der Waals surface area contributed by atoms with Crippen molar-refractivity contribution in [2.24, 2.45) is 5.41 Å². The Balaban J connectivity index is 2.55. The molecule has 0 fully saturated rings. The zero-order valence-corrected chi connectivity index (χ0v) is 11.3. The standard InChI is InChI=1S/C16H18O2/c1-16(2,3)15(17)12-8-9-13-11(10-12)6-5-7-14(13)18-4/h5-10H,1-4H3. The second-order valence-electron chi connectivity index (χ2n) is 5.48. The molecule has 0 aromatic heterocycles. The first-order valence-corrected chi connectivity index (χ1v) is 6.05. The van der Waals surface area contributed by atoms with E-state index in [1.165, 1.54) is 0 Å². The van der Waals surface area contributed by atoms with Crippen molar-refractivity contribution in [1.82, 2.24) is 0 Å². The SMILES string of the molecule is COc1cccc2cc(C(=O)C(C)(C)C)ccc12. The summed E-state index contributed by atoms with van der Waals surface area (Å²) in [6, 6.07) is 11.6. The van der Waals surface area contributed by atoms with E-state index in [0.717, 1.165) is 22.1 Å². The van der Waals surface area contributed by atoms with Gasteiger partial charge in [0, 0.05) is 16.4 Å². The summed E-state index contributed by atoms with van der Waals surface area (Å²) in [6.45, 7) is 5.81. The van der Waals surface area contributed by atoms with Gasteiger partial charge in [0.25, 0.3) is 0 Å². The van der Waals surface area contributed by atoms with Gasteiger partial charge in [0.2, 0.25) is 0 Å². The van der Waals surface area contributed by atoms with E-state index >= 15 is 0 Å². The lowest BCUT2D eigenvalue weighted by atomic mass is 9.86. The minimum Gasteiger partial charge on any atom is -0.496 e. The number of benzene rings is 2. The fraction of sp³-hybridized carbons (Fsp3) is 0.312. The number of rotatable bonds is 2. The first-order chi connectivity index (χ1) is 8.43. The summed E-state index contributed by atoms with van der Waals surface area (Å²) in [5.74, 6) is 0.995. The number of carbonyl (C=O) groups excluding carboxylic acids is 1. The van der Waals surface area contributed by atoms with Crippen molar-refractivity contribution >= 4 is 16.6 Å². The van der Waals surface area contributed by atoms with E-state index < -0.39 is 0 Å². The Morgan fingerprint density at radius 2 is 1.83 bits per heavy atom. The Kier molecular flexibility index (Phi) is 3.12. The molecule has 0 aliphatic carbocycles. The van der Waals surface area contributed by atoms with Crippen LogP contribution >= 0.6 is 0 Å². The summed E-state index contributed by atoms with van der Waals surface area (Å²) in [4.78, 5) is 12.2. The molecule has 0 unspecified atom stereocenters. The van der Waals surface area contributed by atoms with Crippen molar-refractivity contribution in [2.45, 2.75) is 20.8 Å². The molecule has 2 heteroatoms. The Labute approximate surface area is 108 Å². The number of ketones is 1. The third kappa shape index (κ3) is 2.23. The van der Waals surface area contributed by atoms with E-state index in [1.807, 2.05) is 57.2 Å². The smallest absolute Gasteiger partial charge is 0.168 e. The van der Waals surface area contributed by atoms with E-state index in [0.29, 0.717) is 0 Å². The summed E-state index contributed by atoms with van der Waals surface area (Å²) in [6.07, 6.45) is 0. The number of methoxy groups -OCH3 is 1. The highest BCUT2D eigenvalue weighted by atomic mass is 16.5. The fourth-order valence-electron chi connectivity index (χ4n) is 2.01. The third-order valence-corrected chi connectivity index (χ3v) is 3.00.